The van der Waals surface area contributed by atoms with Crippen molar-refractivity contribution in [3.63, 3.8) is 0 Å². The highest BCUT2D eigenvalue weighted by atomic mass is 32.2. The first-order chi connectivity index (χ1) is 26.2. The fourth-order valence-corrected chi connectivity index (χ4v) is 10.1. The molecule has 13 nitrogen and oxygen atoms in total. The Balaban J connectivity index is 1.24. The van der Waals surface area contributed by atoms with Gasteiger partial charge < -0.3 is 24.4 Å². The van der Waals surface area contributed by atoms with Gasteiger partial charge in [0, 0.05) is 29.0 Å². The lowest BCUT2D eigenvalue weighted by molar-refractivity contribution is -0.154. The number of nitrogens with zero attached hydrogens (tertiary/aromatic N) is 2. The molecule has 4 bridgehead atoms. The van der Waals surface area contributed by atoms with Gasteiger partial charge in [-0.1, -0.05) is 58.6 Å². The van der Waals surface area contributed by atoms with Crippen molar-refractivity contribution in [1.82, 2.24) is 19.9 Å². The number of cyclic esters (lactones) is 1. The van der Waals surface area contributed by atoms with Gasteiger partial charge >= 0.3 is 5.97 Å². The summed E-state index contributed by atoms with van der Waals surface area (Å²) in [7, 11) is -2.24. The van der Waals surface area contributed by atoms with Crippen LogP contribution in [-0.4, -0.2) is 85.2 Å². The predicted molar refractivity (Wildman–Crippen MR) is 205 cm³/mol. The van der Waals surface area contributed by atoms with Crippen LogP contribution in [-0.2, 0) is 33.9 Å². The Labute approximate surface area is 323 Å². The number of pyridine rings is 1. The normalized spacial score (nSPS) is 29.4. The molecule has 3 aliphatic carbocycles. The molecular formula is C41H54N4O9S. The average molecular weight is 779 g/mol. The van der Waals surface area contributed by atoms with Crippen LogP contribution in [0.3, 0.4) is 0 Å². The number of benzene rings is 1. The summed E-state index contributed by atoms with van der Waals surface area (Å²) < 4.78 is 46.0. The van der Waals surface area contributed by atoms with Crippen LogP contribution in [0.1, 0.15) is 103 Å². The highest BCUT2D eigenvalue weighted by Gasteiger charge is 2.62. The summed E-state index contributed by atoms with van der Waals surface area (Å²) in [6.45, 7) is 6.14. The SMILES string of the molecule is CC[C@@H]1C[C@]1(NC(=O)[C@@H]1C[C@@H]2CN1C(=O)[C@H](C1CCCCC1)CC(=O)OCC(C)(C)C/C=C/c1cc3c(nccc3cc1OC)O2)C(=O)NS(=O)(=O)C1CC1. The van der Waals surface area contributed by atoms with E-state index in [4.69, 9.17) is 14.2 Å². The number of allylic oxidation sites excluding steroid dienone is 1. The summed E-state index contributed by atoms with van der Waals surface area (Å²) in [5, 5.41) is 3.90. The van der Waals surface area contributed by atoms with E-state index < -0.39 is 62.1 Å². The molecule has 5 atom stereocenters. The monoisotopic (exact) mass is 778 g/mol. The van der Waals surface area contributed by atoms with Gasteiger partial charge in [0.1, 0.15) is 23.4 Å². The van der Waals surface area contributed by atoms with Crippen molar-refractivity contribution in [2.24, 2.45) is 23.2 Å². The van der Waals surface area contributed by atoms with Crippen LogP contribution < -0.4 is 19.5 Å². The van der Waals surface area contributed by atoms with Crippen molar-refractivity contribution in [2.45, 2.75) is 121 Å². The smallest absolute Gasteiger partial charge is 0.306 e. The minimum Gasteiger partial charge on any atom is -0.496 e. The van der Waals surface area contributed by atoms with Crippen molar-refractivity contribution >= 4 is 50.6 Å². The zero-order valence-corrected chi connectivity index (χ0v) is 33.1. The largest absolute Gasteiger partial charge is 0.496 e. The van der Waals surface area contributed by atoms with Gasteiger partial charge in [0.05, 0.1) is 37.9 Å². The molecule has 2 aromatic rings. The van der Waals surface area contributed by atoms with Gasteiger partial charge in [-0.2, -0.15) is 0 Å². The van der Waals surface area contributed by atoms with Gasteiger partial charge in [0.15, 0.2) is 0 Å². The van der Waals surface area contributed by atoms with Gasteiger partial charge in [-0.25, -0.2) is 13.4 Å². The summed E-state index contributed by atoms with van der Waals surface area (Å²) in [6.07, 6.45) is 11.9. The zero-order chi connectivity index (χ0) is 39.1. The standard InChI is InChI=1S/C41H54N4O9S/c1-5-28-22-41(28,39(49)44-55(50,51)30-13-14-30)43-36(47)33-20-29-23-45(33)38(48)32(25-10-7-6-8-11-25)21-35(46)53-24-40(2,3)16-9-12-27-18-31-26(19-34(27)52-4)15-17-42-37(31)54-29/h9,12,15,17-19,25,28-30,32-33H,5-8,10-11,13-14,16,20-24H2,1-4H3,(H,43,47)(H,44,49)/b12-9+/t28-,29-,32+,33+,41-/m1/s1. The third-order valence-corrected chi connectivity index (χ3v) is 14.1. The predicted octanol–water partition coefficient (Wildman–Crippen LogP) is 5.06. The minimum atomic E-state index is -3.85. The second-order valence-corrected chi connectivity index (χ2v) is 19.0. The van der Waals surface area contributed by atoms with Crippen LogP contribution in [0.5, 0.6) is 11.6 Å². The fourth-order valence-electron chi connectivity index (χ4n) is 8.70. The number of aromatic nitrogens is 1. The van der Waals surface area contributed by atoms with Crippen LogP contribution in [0.25, 0.3) is 16.8 Å². The number of rotatable bonds is 8. The highest BCUT2D eigenvalue weighted by molar-refractivity contribution is 7.91. The molecule has 55 heavy (non-hydrogen) atoms. The summed E-state index contributed by atoms with van der Waals surface area (Å²) in [4.78, 5) is 62.6. The Morgan fingerprint density at radius 1 is 1.09 bits per heavy atom. The first-order valence-corrected chi connectivity index (χ1v) is 21.4. The molecule has 1 aromatic carbocycles. The van der Waals surface area contributed by atoms with Gasteiger partial charge in [-0.3, -0.25) is 23.9 Å². The molecule has 3 saturated carbocycles. The van der Waals surface area contributed by atoms with Gasteiger partial charge in [0.25, 0.3) is 5.91 Å². The number of hydrogen-bond donors (Lipinski definition) is 2. The molecule has 3 heterocycles. The molecule has 4 fully saturated rings. The number of nitrogens with one attached hydrogen (secondary N) is 2. The summed E-state index contributed by atoms with van der Waals surface area (Å²) in [5.74, 6) is -2.12. The average Bonchev–Trinajstić information content (AvgIpc) is 4.09. The van der Waals surface area contributed by atoms with Crippen LogP contribution >= 0.6 is 0 Å². The zero-order valence-electron chi connectivity index (χ0n) is 32.3. The second-order valence-electron chi connectivity index (χ2n) is 17.0. The van der Waals surface area contributed by atoms with E-state index in [1.54, 1.807) is 13.3 Å². The van der Waals surface area contributed by atoms with Gasteiger partial charge in [-0.15, -0.1) is 0 Å². The Bertz CT molecular complexity index is 1970. The second kappa shape index (κ2) is 15.4. The van der Waals surface area contributed by atoms with E-state index in [1.807, 2.05) is 51.1 Å². The number of sulfonamides is 1. The van der Waals surface area contributed by atoms with Crippen LogP contribution in [0.2, 0.25) is 0 Å². The number of carbonyl (C=O) groups is 4. The van der Waals surface area contributed by atoms with E-state index >= 15 is 0 Å². The topological polar surface area (TPSA) is 170 Å². The minimum absolute atomic E-state index is 0.0513. The number of methoxy groups -OCH3 is 1. The molecule has 3 amide bonds. The first kappa shape index (κ1) is 39.1. The van der Waals surface area contributed by atoms with Crippen molar-refractivity contribution in [3.05, 3.63) is 36.0 Å². The molecule has 7 rings (SSSR count). The first-order valence-electron chi connectivity index (χ1n) is 19.9. The number of hydrogen-bond acceptors (Lipinski definition) is 10. The third-order valence-electron chi connectivity index (χ3n) is 12.3. The quantitative estimate of drug-likeness (QED) is 0.346. The maximum atomic E-state index is 14.9. The molecule has 2 aliphatic heterocycles. The Hall–Kier alpha value is -4.20. The van der Waals surface area contributed by atoms with Crippen molar-refractivity contribution in [2.75, 3.05) is 20.3 Å². The van der Waals surface area contributed by atoms with E-state index in [0.717, 1.165) is 48.4 Å². The third kappa shape index (κ3) is 8.34. The Kier molecular flexibility index (Phi) is 10.9. The number of fused-ring (bicyclic) bond motifs is 3. The lowest BCUT2D eigenvalue weighted by Crippen LogP contribution is -2.57. The number of carbonyl (C=O) groups excluding carboxylic acids is 4. The molecule has 2 N–H and O–H groups in total. The molecule has 14 heteroatoms. The van der Waals surface area contributed by atoms with Crippen molar-refractivity contribution in [3.8, 4) is 11.6 Å². The van der Waals surface area contributed by atoms with Crippen molar-refractivity contribution in [1.29, 1.82) is 0 Å². The Morgan fingerprint density at radius 3 is 2.55 bits per heavy atom. The lowest BCUT2D eigenvalue weighted by Gasteiger charge is -2.34. The molecule has 0 radical (unpaired) electrons. The van der Waals surface area contributed by atoms with E-state index in [9.17, 15) is 27.6 Å². The van der Waals surface area contributed by atoms with Crippen LogP contribution in [0, 0.1) is 23.2 Å². The molecular weight excluding hydrogens is 725 g/mol. The van der Waals surface area contributed by atoms with E-state index in [0.29, 0.717) is 37.3 Å². The summed E-state index contributed by atoms with van der Waals surface area (Å²) in [5.41, 5.74) is -1.00. The van der Waals surface area contributed by atoms with E-state index in [2.05, 4.69) is 15.0 Å². The van der Waals surface area contributed by atoms with Gasteiger partial charge in [0.2, 0.25) is 27.7 Å². The summed E-state index contributed by atoms with van der Waals surface area (Å²) >= 11 is 0. The molecule has 1 aromatic heterocycles. The fraction of sp³-hybridized carbons (Fsp3) is 0.634. The number of ether oxygens (including phenoxy) is 3. The number of esters is 1. The molecule has 5 aliphatic rings. The highest BCUT2D eigenvalue weighted by Crippen LogP contribution is 2.47. The van der Waals surface area contributed by atoms with E-state index in [1.165, 1.54) is 4.90 Å². The molecule has 0 unspecified atom stereocenters. The van der Waals surface area contributed by atoms with Crippen molar-refractivity contribution < 1.29 is 41.8 Å². The summed E-state index contributed by atoms with van der Waals surface area (Å²) in [6, 6.07) is 4.68. The Morgan fingerprint density at radius 2 is 1.85 bits per heavy atom. The molecule has 1 saturated heterocycles. The van der Waals surface area contributed by atoms with Crippen LogP contribution in [0.15, 0.2) is 30.5 Å². The van der Waals surface area contributed by atoms with Crippen LogP contribution in [0.4, 0.5) is 0 Å². The maximum Gasteiger partial charge on any atom is 0.306 e. The molecule has 0 spiro atoms. The van der Waals surface area contributed by atoms with Gasteiger partial charge in [-0.05, 0) is 73.9 Å². The van der Waals surface area contributed by atoms with E-state index in [-0.39, 0.29) is 50.2 Å². The lowest BCUT2D eigenvalue weighted by atomic mass is 9.77. The number of amides is 3. The maximum absolute atomic E-state index is 14.9. The molecule has 298 valence electrons.